The average molecular weight is 266 g/mol. The van der Waals surface area contributed by atoms with Gasteiger partial charge >= 0.3 is 6.03 Å². The fraction of sp³-hybridized carbons (Fsp3) is 0.750. The Kier molecular flexibility index (Phi) is 3.20. The number of hydrogen-bond donors (Lipinski definition) is 1. The van der Waals surface area contributed by atoms with E-state index in [0.29, 0.717) is 5.13 Å². The van der Waals surface area contributed by atoms with Gasteiger partial charge in [-0.25, -0.2) is 9.78 Å². The Morgan fingerprint density at radius 2 is 2.17 bits per heavy atom. The summed E-state index contributed by atoms with van der Waals surface area (Å²) in [6, 6.07) is -0.0109. The first-order valence-corrected chi connectivity index (χ1v) is 7.42. The minimum atomic E-state index is -0.0109. The Hall–Kier alpha value is -1.17. The quantitative estimate of drug-likeness (QED) is 0.894. The SMILES string of the molecule is CCc1nsc(NC(=O)N2CC3CCCC3C2)n1. The van der Waals surface area contributed by atoms with E-state index in [1.165, 1.54) is 30.8 Å². The smallest absolute Gasteiger partial charge is 0.323 e. The van der Waals surface area contributed by atoms with Crippen LogP contribution < -0.4 is 5.32 Å². The van der Waals surface area contributed by atoms with Crippen molar-refractivity contribution in [2.45, 2.75) is 32.6 Å². The van der Waals surface area contributed by atoms with Gasteiger partial charge < -0.3 is 4.90 Å². The monoisotopic (exact) mass is 266 g/mol. The molecular formula is C12H18N4OS. The molecule has 0 bridgehead atoms. The molecule has 0 spiro atoms. The molecule has 6 heteroatoms. The fourth-order valence-electron chi connectivity index (χ4n) is 3.02. The molecule has 5 nitrogen and oxygen atoms in total. The van der Waals surface area contributed by atoms with Crippen molar-refractivity contribution in [3.8, 4) is 0 Å². The molecule has 0 radical (unpaired) electrons. The first-order valence-electron chi connectivity index (χ1n) is 6.64. The van der Waals surface area contributed by atoms with Gasteiger partial charge in [0.1, 0.15) is 5.82 Å². The van der Waals surface area contributed by atoms with Crippen molar-refractivity contribution in [1.82, 2.24) is 14.3 Å². The fourth-order valence-corrected chi connectivity index (χ4v) is 3.66. The molecule has 1 saturated carbocycles. The predicted molar refractivity (Wildman–Crippen MR) is 70.7 cm³/mol. The molecule has 98 valence electrons. The van der Waals surface area contributed by atoms with E-state index >= 15 is 0 Å². The number of carbonyl (C=O) groups excluding carboxylic acids is 1. The van der Waals surface area contributed by atoms with E-state index in [4.69, 9.17) is 0 Å². The highest BCUT2D eigenvalue weighted by atomic mass is 32.1. The lowest BCUT2D eigenvalue weighted by molar-refractivity contribution is 0.219. The van der Waals surface area contributed by atoms with Gasteiger partial charge in [-0.2, -0.15) is 4.37 Å². The second-order valence-electron chi connectivity index (χ2n) is 5.16. The average Bonchev–Trinajstić information content (AvgIpc) is 3.02. The number of anilines is 1. The van der Waals surface area contributed by atoms with Gasteiger partial charge in [0, 0.05) is 31.0 Å². The normalized spacial score (nSPS) is 26.4. The molecule has 1 N–H and O–H groups in total. The molecule has 1 aromatic heterocycles. The van der Waals surface area contributed by atoms with Crippen LogP contribution in [0.2, 0.25) is 0 Å². The number of fused-ring (bicyclic) bond motifs is 1. The van der Waals surface area contributed by atoms with Crippen LogP contribution in [0.15, 0.2) is 0 Å². The topological polar surface area (TPSA) is 58.1 Å². The van der Waals surface area contributed by atoms with Gasteiger partial charge in [-0.05, 0) is 24.7 Å². The van der Waals surface area contributed by atoms with Crippen LogP contribution in [-0.2, 0) is 6.42 Å². The van der Waals surface area contributed by atoms with Gasteiger partial charge in [0.2, 0.25) is 5.13 Å². The number of aromatic nitrogens is 2. The van der Waals surface area contributed by atoms with Gasteiger partial charge in [-0.1, -0.05) is 13.3 Å². The number of nitrogens with zero attached hydrogens (tertiary/aromatic N) is 3. The minimum Gasteiger partial charge on any atom is -0.324 e. The molecule has 18 heavy (non-hydrogen) atoms. The van der Waals surface area contributed by atoms with Crippen molar-refractivity contribution in [3.63, 3.8) is 0 Å². The van der Waals surface area contributed by atoms with E-state index in [-0.39, 0.29) is 6.03 Å². The van der Waals surface area contributed by atoms with Gasteiger partial charge in [0.25, 0.3) is 0 Å². The number of nitrogens with one attached hydrogen (secondary N) is 1. The third-order valence-electron chi connectivity index (χ3n) is 4.01. The summed E-state index contributed by atoms with van der Waals surface area (Å²) in [6.07, 6.45) is 4.71. The second-order valence-corrected chi connectivity index (χ2v) is 5.91. The number of aryl methyl sites for hydroxylation is 1. The summed E-state index contributed by atoms with van der Waals surface area (Å²) < 4.78 is 4.17. The molecule has 3 rings (SSSR count). The largest absolute Gasteiger partial charge is 0.324 e. The second kappa shape index (κ2) is 4.84. The van der Waals surface area contributed by atoms with Crippen molar-refractivity contribution in [2.24, 2.45) is 11.8 Å². The summed E-state index contributed by atoms with van der Waals surface area (Å²) in [7, 11) is 0. The summed E-state index contributed by atoms with van der Waals surface area (Å²) in [5, 5.41) is 3.48. The molecule has 2 amide bonds. The number of likely N-dealkylation sites (tertiary alicyclic amines) is 1. The maximum absolute atomic E-state index is 12.1. The van der Waals surface area contributed by atoms with Crippen LogP contribution in [0, 0.1) is 11.8 Å². The summed E-state index contributed by atoms with van der Waals surface area (Å²) in [6.45, 7) is 3.83. The van der Waals surface area contributed by atoms with Crippen LogP contribution in [0.5, 0.6) is 0 Å². The van der Waals surface area contributed by atoms with Crippen molar-refractivity contribution in [1.29, 1.82) is 0 Å². The third-order valence-corrected chi connectivity index (χ3v) is 4.68. The molecule has 2 fully saturated rings. The van der Waals surface area contributed by atoms with Gasteiger partial charge in [-0.15, -0.1) is 0 Å². The van der Waals surface area contributed by atoms with Crippen molar-refractivity contribution in [3.05, 3.63) is 5.82 Å². The number of hydrogen-bond acceptors (Lipinski definition) is 4. The van der Waals surface area contributed by atoms with Gasteiger partial charge in [-0.3, -0.25) is 5.32 Å². The molecule has 1 aliphatic heterocycles. The maximum atomic E-state index is 12.1. The molecule has 0 aromatic carbocycles. The third kappa shape index (κ3) is 2.21. The van der Waals surface area contributed by atoms with Crippen LogP contribution in [0.4, 0.5) is 9.93 Å². The van der Waals surface area contributed by atoms with Crippen LogP contribution >= 0.6 is 11.5 Å². The lowest BCUT2D eigenvalue weighted by Crippen LogP contribution is -2.33. The molecule has 2 atom stereocenters. The zero-order valence-corrected chi connectivity index (χ0v) is 11.4. The first-order chi connectivity index (χ1) is 8.76. The zero-order chi connectivity index (χ0) is 12.5. The summed E-state index contributed by atoms with van der Waals surface area (Å²) in [5.74, 6) is 2.27. The van der Waals surface area contributed by atoms with Gasteiger partial charge in [0.15, 0.2) is 0 Å². The number of carbonyl (C=O) groups is 1. The Balaban J connectivity index is 1.58. The van der Waals surface area contributed by atoms with Crippen LogP contribution in [0.1, 0.15) is 32.0 Å². The summed E-state index contributed by atoms with van der Waals surface area (Å²) >= 11 is 1.26. The van der Waals surface area contributed by atoms with Crippen molar-refractivity contribution >= 4 is 22.7 Å². The predicted octanol–water partition coefficient (Wildman–Crippen LogP) is 2.36. The molecule has 2 unspecified atom stereocenters. The van der Waals surface area contributed by atoms with Crippen molar-refractivity contribution in [2.75, 3.05) is 18.4 Å². The molecule has 2 aliphatic rings. The van der Waals surface area contributed by atoms with Crippen molar-refractivity contribution < 1.29 is 4.79 Å². The highest BCUT2D eigenvalue weighted by Gasteiger charge is 2.38. The lowest BCUT2D eigenvalue weighted by atomic mass is 10.0. The van der Waals surface area contributed by atoms with E-state index in [1.807, 2.05) is 11.8 Å². The Morgan fingerprint density at radius 1 is 1.44 bits per heavy atom. The standard InChI is InChI=1S/C12H18N4OS/c1-2-10-13-11(18-15-10)14-12(17)16-6-8-4-3-5-9(8)7-16/h8-9H,2-7H2,1H3,(H,13,14,15,17). The number of amides is 2. The van der Waals surface area contributed by atoms with Crippen LogP contribution in [0.3, 0.4) is 0 Å². The molecule has 1 aromatic rings. The highest BCUT2D eigenvalue weighted by molar-refractivity contribution is 7.09. The Labute approximate surface area is 111 Å². The van der Waals surface area contributed by atoms with E-state index in [9.17, 15) is 4.79 Å². The summed E-state index contributed by atoms with van der Waals surface area (Å²) in [5.41, 5.74) is 0. The Bertz CT molecular complexity index is 435. The minimum absolute atomic E-state index is 0.0109. The van der Waals surface area contributed by atoms with Crippen LogP contribution in [0.25, 0.3) is 0 Å². The highest BCUT2D eigenvalue weighted by Crippen LogP contribution is 2.37. The Morgan fingerprint density at radius 3 is 2.78 bits per heavy atom. The molecule has 1 aliphatic carbocycles. The van der Waals surface area contributed by atoms with Crippen LogP contribution in [-0.4, -0.2) is 33.4 Å². The zero-order valence-electron chi connectivity index (χ0n) is 10.6. The van der Waals surface area contributed by atoms with E-state index in [0.717, 1.165) is 37.2 Å². The summed E-state index contributed by atoms with van der Waals surface area (Å²) in [4.78, 5) is 18.3. The lowest BCUT2D eigenvalue weighted by Gasteiger charge is -2.16. The van der Waals surface area contributed by atoms with Gasteiger partial charge in [0.05, 0.1) is 0 Å². The number of rotatable bonds is 2. The number of urea groups is 1. The molecular weight excluding hydrogens is 248 g/mol. The first kappa shape index (κ1) is 11.9. The van der Waals surface area contributed by atoms with E-state index in [1.54, 1.807) is 0 Å². The van der Waals surface area contributed by atoms with E-state index in [2.05, 4.69) is 14.7 Å². The molecule has 2 heterocycles. The van der Waals surface area contributed by atoms with E-state index < -0.39 is 0 Å². The maximum Gasteiger partial charge on any atom is 0.323 e. The molecule has 1 saturated heterocycles.